The summed E-state index contributed by atoms with van der Waals surface area (Å²) >= 11 is 5.77. The third-order valence-corrected chi connectivity index (χ3v) is 5.47. The van der Waals surface area contributed by atoms with Gasteiger partial charge in [0.15, 0.2) is 0 Å². The average molecular weight is 452 g/mol. The molecule has 7 heteroatoms. The van der Waals surface area contributed by atoms with Crippen LogP contribution in [-0.4, -0.2) is 31.9 Å². The van der Waals surface area contributed by atoms with Gasteiger partial charge in [-0.25, -0.2) is 9.29 Å². The van der Waals surface area contributed by atoms with Gasteiger partial charge in [0.25, 0.3) is 5.91 Å². The molecule has 0 aliphatic carbocycles. The van der Waals surface area contributed by atoms with Crippen molar-refractivity contribution in [1.29, 1.82) is 0 Å². The highest BCUT2D eigenvalue weighted by atomic mass is 35.5. The summed E-state index contributed by atoms with van der Waals surface area (Å²) in [6.07, 6.45) is 0. The van der Waals surface area contributed by atoms with Crippen LogP contribution in [0.25, 0.3) is 22.5 Å². The topological polar surface area (TPSA) is 55.8 Å². The first-order chi connectivity index (χ1) is 15.5. The van der Waals surface area contributed by atoms with E-state index in [2.05, 4.69) is 0 Å². The summed E-state index contributed by atoms with van der Waals surface area (Å²) in [6.45, 7) is 0. The summed E-state index contributed by atoms with van der Waals surface area (Å²) in [5.74, 6) is -1.29. The number of alkyl halides is 1. The highest BCUT2D eigenvalue weighted by Gasteiger charge is 2.39. The Morgan fingerprint density at radius 1 is 1.03 bits per heavy atom. The lowest BCUT2D eigenvalue weighted by atomic mass is 9.96. The molecule has 32 heavy (non-hydrogen) atoms. The third-order valence-electron chi connectivity index (χ3n) is 5.24. The highest BCUT2D eigenvalue weighted by molar-refractivity contribution is 6.46. The van der Waals surface area contributed by atoms with Gasteiger partial charge in [-0.2, -0.15) is 0 Å². The van der Waals surface area contributed by atoms with Crippen LogP contribution in [0.15, 0.2) is 66.7 Å². The molecule has 1 aliphatic heterocycles. The van der Waals surface area contributed by atoms with Gasteiger partial charge in [0.2, 0.25) is 5.91 Å². The number of methoxy groups -OCH3 is 2. The fourth-order valence-electron chi connectivity index (χ4n) is 3.86. The quantitative estimate of drug-likeness (QED) is 0.306. The van der Waals surface area contributed by atoms with Gasteiger partial charge in [0.05, 0.1) is 31.0 Å². The Balaban J connectivity index is 2.01. The van der Waals surface area contributed by atoms with E-state index in [1.165, 1.54) is 20.3 Å². The minimum Gasteiger partial charge on any atom is -0.496 e. The van der Waals surface area contributed by atoms with E-state index in [0.29, 0.717) is 33.9 Å². The summed E-state index contributed by atoms with van der Waals surface area (Å²) in [7, 11) is 2.91. The Bertz CT molecular complexity index is 1240. The number of amides is 2. The van der Waals surface area contributed by atoms with Crippen molar-refractivity contribution in [3.63, 3.8) is 0 Å². The van der Waals surface area contributed by atoms with Crippen molar-refractivity contribution in [2.45, 2.75) is 0 Å². The van der Waals surface area contributed by atoms with Gasteiger partial charge in [0, 0.05) is 11.1 Å². The maximum absolute atomic E-state index is 14.7. The van der Waals surface area contributed by atoms with Crippen LogP contribution in [0.5, 0.6) is 5.75 Å². The van der Waals surface area contributed by atoms with E-state index < -0.39 is 17.6 Å². The molecule has 0 bridgehead atoms. The Kier molecular flexibility index (Phi) is 5.97. The van der Waals surface area contributed by atoms with E-state index >= 15 is 0 Å². The second-order valence-corrected chi connectivity index (χ2v) is 7.26. The van der Waals surface area contributed by atoms with E-state index in [4.69, 9.17) is 21.1 Å². The van der Waals surface area contributed by atoms with Crippen LogP contribution in [0, 0.1) is 5.82 Å². The first kappa shape index (κ1) is 21.6. The number of ether oxygens (including phenoxy) is 2. The fraction of sp³-hybridized carbons (Fsp3) is 0.120. The number of carbonyl (C=O) groups is 2. The summed E-state index contributed by atoms with van der Waals surface area (Å²) < 4.78 is 25.7. The van der Waals surface area contributed by atoms with Gasteiger partial charge in [-0.15, -0.1) is 11.6 Å². The third kappa shape index (κ3) is 3.52. The Labute approximate surface area is 189 Å². The number of anilines is 1. The molecule has 3 aromatic rings. The monoisotopic (exact) mass is 451 g/mol. The van der Waals surface area contributed by atoms with Crippen molar-refractivity contribution in [2.75, 3.05) is 25.0 Å². The standard InChI is InChI=1S/C25H19ClFNO4/c1-31-20-10-6-9-18(27)22(20)16-11-12-19-17(13-16)23(25(30)28(19)21(29)14-26)24(32-2)15-7-4-3-5-8-15/h3-13H,14H2,1-2H3/b24-23-. The average Bonchev–Trinajstić information content (AvgIpc) is 3.10. The van der Waals surface area contributed by atoms with E-state index in [0.717, 1.165) is 4.90 Å². The molecule has 0 unspecified atom stereocenters. The van der Waals surface area contributed by atoms with Crippen LogP contribution in [0.1, 0.15) is 11.1 Å². The molecule has 4 rings (SSSR count). The SMILES string of the molecule is CO/C(=C1\C(=O)N(C(=O)CCl)c2ccc(-c3c(F)cccc3OC)cc21)c1ccccc1. The van der Waals surface area contributed by atoms with Crippen molar-refractivity contribution < 1.29 is 23.5 Å². The largest absolute Gasteiger partial charge is 0.496 e. The van der Waals surface area contributed by atoms with Crippen LogP contribution in [-0.2, 0) is 14.3 Å². The summed E-state index contributed by atoms with van der Waals surface area (Å²) in [6, 6.07) is 18.5. The zero-order chi connectivity index (χ0) is 22.8. The lowest BCUT2D eigenvalue weighted by Crippen LogP contribution is -2.34. The van der Waals surface area contributed by atoms with E-state index in [9.17, 15) is 14.0 Å². The molecule has 0 saturated heterocycles. The first-order valence-corrected chi connectivity index (χ1v) is 10.3. The van der Waals surface area contributed by atoms with Crippen molar-refractivity contribution in [1.82, 2.24) is 0 Å². The lowest BCUT2D eigenvalue weighted by Gasteiger charge is -2.14. The van der Waals surface area contributed by atoms with E-state index in [1.807, 2.05) is 18.2 Å². The maximum atomic E-state index is 14.7. The molecule has 2 amide bonds. The molecule has 0 aromatic heterocycles. The van der Waals surface area contributed by atoms with Crippen molar-refractivity contribution in [3.8, 4) is 16.9 Å². The second-order valence-electron chi connectivity index (χ2n) is 6.99. The number of fused-ring (bicyclic) bond motifs is 1. The van der Waals surface area contributed by atoms with Crippen LogP contribution in [0.3, 0.4) is 0 Å². The maximum Gasteiger partial charge on any atom is 0.269 e. The molecular weight excluding hydrogens is 433 g/mol. The van der Waals surface area contributed by atoms with E-state index in [1.54, 1.807) is 42.5 Å². The molecule has 0 atom stereocenters. The summed E-state index contributed by atoms with van der Waals surface area (Å²) in [5.41, 5.74) is 2.41. The molecular formula is C25H19ClFNO4. The van der Waals surface area contributed by atoms with Gasteiger partial charge < -0.3 is 9.47 Å². The molecule has 3 aromatic carbocycles. The van der Waals surface area contributed by atoms with Gasteiger partial charge in [0.1, 0.15) is 23.2 Å². The van der Waals surface area contributed by atoms with Gasteiger partial charge in [-0.1, -0.05) is 42.5 Å². The summed E-state index contributed by atoms with van der Waals surface area (Å²) in [5, 5.41) is 0. The van der Waals surface area contributed by atoms with Gasteiger partial charge in [-0.3, -0.25) is 9.59 Å². The Morgan fingerprint density at radius 2 is 1.78 bits per heavy atom. The number of halogens is 2. The number of imide groups is 1. The van der Waals surface area contributed by atoms with Gasteiger partial charge >= 0.3 is 0 Å². The number of benzene rings is 3. The number of nitrogens with zero attached hydrogens (tertiary/aromatic N) is 1. The zero-order valence-electron chi connectivity index (χ0n) is 17.4. The molecule has 5 nitrogen and oxygen atoms in total. The van der Waals surface area contributed by atoms with Crippen molar-refractivity contribution >= 4 is 40.4 Å². The van der Waals surface area contributed by atoms with Crippen molar-refractivity contribution in [3.05, 3.63) is 83.7 Å². The Morgan fingerprint density at radius 3 is 2.44 bits per heavy atom. The zero-order valence-corrected chi connectivity index (χ0v) is 18.2. The summed E-state index contributed by atoms with van der Waals surface area (Å²) in [4.78, 5) is 26.9. The molecule has 162 valence electrons. The van der Waals surface area contributed by atoms with Crippen LogP contribution >= 0.6 is 11.6 Å². The lowest BCUT2D eigenvalue weighted by molar-refractivity contribution is -0.122. The Hall–Kier alpha value is -3.64. The number of hydrogen-bond acceptors (Lipinski definition) is 4. The first-order valence-electron chi connectivity index (χ1n) is 9.76. The minimum atomic E-state index is -0.562. The molecule has 0 N–H and O–H groups in total. The predicted octanol–water partition coefficient (Wildman–Crippen LogP) is 5.13. The molecule has 0 saturated carbocycles. The minimum absolute atomic E-state index is 0.198. The highest BCUT2D eigenvalue weighted by Crippen LogP contribution is 2.44. The predicted molar refractivity (Wildman–Crippen MR) is 122 cm³/mol. The van der Waals surface area contributed by atoms with E-state index in [-0.39, 0.29) is 17.0 Å². The molecule has 0 fully saturated rings. The van der Waals surface area contributed by atoms with Crippen LogP contribution in [0.2, 0.25) is 0 Å². The number of hydrogen-bond donors (Lipinski definition) is 0. The second kappa shape index (κ2) is 8.85. The van der Waals surface area contributed by atoms with Crippen molar-refractivity contribution in [2.24, 2.45) is 0 Å². The van der Waals surface area contributed by atoms with Gasteiger partial charge in [-0.05, 0) is 29.8 Å². The number of rotatable bonds is 5. The molecule has 1 aliphatic rings. The van der Waals surface area contributed by atoms with Crippen LogP contribution < -0.4 is 9.64 Å². The smallest absolute Gasteiger partial charge is 0.269 e. The number of carbonyl (C=O) groups excluding carboxylic acids is 2. The van der Waals surface area contributed by atoms with Crippen LogP contribution in [0.4, 0.5) is 10.1 Å². The molecule has 1 heterocycles. The fourth-order valence-corrected chi connectivity index (χ4v) is 3.98. The molecule has 0 spiro atoms. The molecule has 0 radical (unpaired) electrons. The normalized spacial score (nSPS) is 14.2.